The van der Waals surface area contributed by atoms with Crippen LogP contribution in [0.5, 0.6) is 5.75 Å². The maximum Gasteiger partial charge on any atom is 0.189 e. The van der Waals surface area contributed by atoms with Crippen LogP contribution >= 0.6 is 34.2 Å². The number of carbonyl (C=O) groups excluding carboxylic acids is 1. The zero-order valence-electron chi connectivity index (χ0n) is 12.2. The van der Waals surface area contributed by atoms with Crippen LogP contribution in [0.15, 0.2) is 42.5 Å². The molecule has 22 heavy (non-hydrogen) atoms. The summed E-state index contributed by atoms with van der Waals surface area (Å²) >= 11 is 7.95. The molecule has 0 unspecified atom stereocenters. The number of phenols is 1. The van der Waals surface area contributed by atoms with Gasteiger partial charge in [-0.15, -0.1) is 0 Å². The van der Waals surface area contributed by atoms with Gasteiger partial charge in [-0.05, 0) is 58.5 Å². The third kappa shape index (κ3) is 4.01. The van der Waals surface area contributed by atoms with Crippen molar-refractivity contribution < 1.29 is 9.90 Å². The smallest absolute Gasteiger partial charge is 0.189 e. The molecule has 0 aliphatic rings. The van der Waals surface area contributed by atoms with Crippen LogP contribution in [0.2, 0.25) is 5.02 Å². The lowest BCUT2D eigenvalue weighted by molar-refractivity contribution is 0.104. The van der Waals surface area contributed by atoms with Crippen molar-refractivity contribution in [1.29, 1.82) is 0 Å². The van der Waals surface area contributed by atoms with Crippen LogP contribution < -0.4 is 4.90 Å². The van der Waals surface area contributed by atoms with Crippen LogP contribution in [-0.4, -0.2) is 25.0 Å². The number of nitrogens with zero attached hydrogens (tertiary/aromatic N) is 1. The minimum atomic E-state index is -0.283. The Balaban J connectivity index is 2.21. The van der Waals surface area contributed by atoms with Crippen LogP contribution in [0.25, 0.3) is 6.08 Å². The Morgan fingerprint density at radius 1 is 1.23 bits per heavy atom. The molecule has 0 radical (unpaired) electrons. The number of phenolic OH excluding ortho intramolecular Hbond substituents is 1. The number of anilines is 1. The molecule has 0 aliphatic heterocycles. The molecule has 0 aromatic heterocycles. The van der Waals surface area contributed by atoms with Gasteiger partial charge >= 0.3 is 0 Å². The zero-order valence-corrected chi connectivity index (χ0v) is 15.1. The molecule has 0 aliphatic carbocycles. The first kappa shape index (κ1) is 16.8. The van der Waals surface area contributed by atoms with Crippen molar-refractivity contribution >= 4 is 51.7 Å². The molecule has 2 aromatic rings. The average Bonchev–Trinajstić information content (AvgIpc) is 2.48. The standard InChI is InChI=1S/C17H15ClINO2/c1-20(2)13-6-3-11(4-7-13)5-8-16(21)14-9-12(19)10-15(18)17(14)22/h3-10,22H,1-2H3/b8-5+. The number of benzene rings is 2. The number of carbonyl (C=O) groups is 1. The second-order valence-corrected chi connectivity index (χ2v) is 6.62. The van der Waals surface area contributed by atoms with Crippen LogP contribution in [0.1, 0.15) is 15.9 Å². The molecule has 0 saturated heterocycles. The molecule has 0 heterocycles. The van der Waals surface area contributed by atoms with Crippen molar-refractivity contribution in [3.05, 3.63) is 62.2 Å². The van der Waals surface area contributed by atoms with E-state index in [1.165, 1.54) is 6.08 Å². The highest BCUT2D eigenvalue weighted by molar-refractivity contribution is 14.1. The fraction of sp³-hybridized carbons (Fsp3) is 0.118. The predicted molar refractivity (Wildman–Crippen MR) is 100.0 cm³/mol. The molecule has 2 rings (SSSR count). The van der Waals surface area contributed by atoms with E-state index in [1.54, 1.807) is 18.2 Å². The highest BCUT2D eigenvalue weighted by Gasteiger charge is 2.12. The first-order valence-electron chi connectivity index (χ1n) is 6.56. The molecule has 5 heteroatoms. The summed E-state index contributed by atoms with van der Waals surface area (Å²) in [6.07, 6.45) is 3.15. The van der Waals surface area contributed by atoms with E-state index in [9.17, 15) is 9.90 Å². The second-order valence-electron chi connectivity index (χ2n) is 4.97. The van der Waals surface area contributed by atoms with Gasteiger partial charge in [0.05, 0.1) is 10.6 Å². The third-order valence-electron chi connectivity index (χ3n) is 3.13. The summed E-state index contributed by atoms with van der Waals surface area (Å²) in [7, 11) is 3.94. The molecule has 0 fully saturated rings. The monoisotopic (exact) mass is 427 g/mol. The molecule has 0 bridgehead atoms. The highest BCUT2D eigenvalue weighted by Crippen LogP contribution is 2.30. The van der Waals surface area contributed by atoms with E-state index in [0.717, 1.165) is 14.8 Å². The second kappa shape index (κ2) is 7.15. The summed E-state index contributed by atoms with van der Waals surface area (Å²) in [4.78, 5) is 14.2. The predicted octanol–water partition coefficient (Wildman–Crippen LogP) is 4.61. The quantitative estimate of drug-likeness (QED) is 0.440. The van der Waals surface area contributed by atoms with Crippen LogP contribution in [-0.2, 0) is 0 Å². The van der Waals surface area contributed by atoms with Gasteiger partial charge in [-0.2, -0.15) is 0 Å². The van der Waals surface area contributed by atoms with Gasteiger partial charge in [-0.3, -0.25) is 4.79 Å². The van der Waals surface area contributed by atoms with Gasteiger partial charge in [0.25, 0.3) is 0 Å². The van der Waals surface area contributed by atoms with Crippen molar-refractivity contribution in [3.63, 3.8) is 0 Å². The largest absolute Gasteiger partial charge is 0.506 e. The van der Waals surface area contributed by atoms with Crippen molar-refractivity contribution in [3.8, 4) is 5.75 Å². The SMILES string of the molecule is CN(C)c1ccc(/C=C/C(=O)c2cc(I)cc(Cl)c2O)cc1. The summed E-state index contributed by atoms with van der Waals surface area (Å²) < 4.78 is 0.799. The fourth-order valence-electron chi connectivity index (χ4n) is 1.90. The molecule has 3 nitrogen and oxygen atoms in total. The zero-order chi connectivity index (χ0) is 16.3. The summed E-state index contributed by atoms with van der Waals surface area (Å²) in [6.45, 7) is 0. The Labute approximate surface area is 148 Å². The molecule has 114 valence electrons. The number of halogens is 2. The van der Waals surface area contributed by atoms with E-state index < -0.39 is 0 Å². The Morgan fingerprint density at radius 3 is 2.45 bits per heavy atom. The van der Waals surface area contributed by atoms with Crippen molar-refractivity contribution in [2.75, 3.05) is 19.0 Å². The first-order valence-corrected chi connectivity index (χ1v) is 8.02. The van der Waals surface area contributed by atoms with E-state index in [1.807, 2.05) is 43.3 Å². The first-order chi connectivity index (χ1) is 10.4. The van der Waals surface area contributed by atoms with E-state index >= 15 is 0 Å². The van der Waals surface area contributed by atoms with Gasteiger partial charge in [-0.25, -0.2) is 0 Å². The number of rotatable bonds is 4. The van der Waals surface area contributed by atoms with Gasteiger partial charge in [0.1, 0.15) is 5.75 Å². The van der Waals surface area contributed by atoms with Crippen LogP contribution in [0.4, 0.5) is 5.69 Å². The number of hydrogen-bond donors (Lipinski definition) is 1. The minimum absolute atomic E-state index is 0.180. The van der Waals surface area contributed by atoms with Crippen LogP contribution in [0, 0.1) is 3.57 Å². The fourth-order valence-corrected chi connectivity index (χ4v) is 2.93. The molecular formula is C17H15ClINO2. The maximum absolute atomic E-state index is 12.2. The molecule has 1 N–H and O–H groups in total. The Bertz CT molecular complexity index is 724. The molecule has 0 saturated carbocycles. The van der Waals surface area contributed by atoms with Gasteiger partial charge < -0.3 is 10.0 Å². The summed E-state index contributed by atoms with van der Waals surface area (Å²) in [5.74, 6) is -0.464. The van der Waals surface area contributed by atoms with Crippen molar-refractivity contribution in [1.82, 2.24) is 0 Å². The number of hydrogen-bond acceptors (Lipinski definition) is 3. The van der Waals surface area contributed by atoms with E-state index in [2.05, 4.69) is 22.6 Å². The molecular weight excluding hydrogens is 413 g/mol. The maximum atomic E-state index is 12.2. The minimum Gasteiger partial charge on any atom is -0.506 e. The Kier molecular flexibility index (Phi) is 5.47. The van der Waals surface area contributed by atoms with Crippen molar-refractivity contribution in [2.24, 2.45) is 0 Å². The highest BCUT2D eigenvalue weighted by atomic mass is 127. The Morgan fingerprint density at radius 2 is 1.86 bits per heavy atom. The van der Waals surface area contributed by atoms with E-state index in [-0.39, 0.29) is 22.1 Å². The lowest BCUT2D eigenvalue weighted by Crippen LogP contribution is -2.07. The Hall–Kier alpha value is -1.53. The van der Waals surface area contributed by atoms with Crippen LogP contribution in [0.3, 0.4) is 0 Å². The lowest BCUT2D eigenvalue weighted by atomic mass is 10.1. The summed E-state index contributed by atoms with van der Waals surface area (Å²) in [6, 6.07) is 11.0. The third-order valence-corrected chi connectivity index (χ3v) is 4.04. The normalized spacial score (nSPS) is 10.9. The lowest BCUT2D eigenvalue weighted by Gasteiger charge is -2.11. The van der Waals surface area contributed by atoms with Gasteiger partial charge in [0, 0.05) is 23.4 Å². The van der Waals surface area contributed by atoms with Gasteiger partial charge in [0.2, 0.25) is 0 Å². The number of allylic oxidation sites excluding steroid dienone is 1. The molecule has 0 spiro atoms. The molecule has 0 atom stereocenters. The van der Waals surface area contributed by atoms with Crippen molar-refractivity contribution in [2.45, 2.75) is 0 Å². The van der Waals surface area contributed by atoms with E-state index in [0.29, 0.717) is 0 Å². The number of aromatic hydroxyl groups is 1. The molecule has 2 aromatic carbocycles. The molecule has 0 amide bonds. The van der Waals surface area contributed by atoms with E-state index in [4.69, 9.17) is 11.6 Å². The van der Waals surface area contributed by atoms with Gasteiger partial charge in [-0.1, -0.05) is 29.8 Å². The number of ketones is 1. The summed E-state index contributed by atoms with van der Waals surface area (Å²) in [5, 5.41) is 10.1. The average molecular weight is 428 g/mol. The summed E-state index contributed by atoms with van der Waals surface area (Å²) in [5.41, 5.74) is 2.21. The topological polar surface area (TPSA) is 40.5 Å². The van der Waals surface area contributed by atoms with Gasteiger partial charge in [0.15, 0.2) is 5.78 Å².